The van der Waals surface area contributed by atoms with E-state index in [4.69, 9.17) is 20.4 Å². The van der Waals surface area contributed by atoms with Crippen LogP contribution in [0.5, 0.6) is 5.75 Å². The van der Waals surface area contributed by atoms with Crippen LogP contribution >= 0.6 is 11.3 Å². The number of nitrogens with one attached hydrogen (secondary N) is 1. The summed E-state index contributed by atoms with van der Waals surface area (Å²) in [5.74, 6) is 1.64. The second kappa shape index (κ2) is 7.76. The van der Waals surface area contributed by atoms with Crippen LogP contribution in [0, 0.1) is 0 Å². The van der Waals surface area contributed by atoms with Crippen LogP contribution in [0.1, 0.15) is 28.0 Å². The van der Waals surface area contributed by atoms with Crippen molar-refractivity contribution in [3.63, 3.8) is 0 Å². The van der Waals surface area contributed by atoms with Gasteiger partial charge in [0, 0.05) is 28.3 Å². The number of ether oxygens (including phenoxy) is 1. The van der Waals surface area contributed by atoms with Gasteiger partial charge in [0.15, 0.2) is 17.4 Å². The number of anilines is 1. The number of thiophene rings is 1. The van der Waals surface area contributed by atoms with E-state index < -0.39 is 5.91 Å². The first kappa shape index (κ1) is 18.6. The summed E-state index contributed by atoms with van der Waals surface area (Å²) in [6.07, 6.45) is 1.78. The smallest absolute Gasteiger partial charge is 0.249 e. The number of carbonyl (C=O) groups is 1. The van der Waals surface area contributed by atoms with E-state index >= 15 is 0 Å². The standard InChI is InChI=1S/C23H20N4O2S/c24-21(28)16-9-4-8-15-17(16)13-30-20(15)23-26-18-10-5-11-29-19(18)22(27-23)25-12-14-6-2-1-3-7-14/h1-4,6-9,13H,5,10-12H2,(H2,24,28)(H,25,26,27). The number of rotatable bonds is 5. The zero-order valence-corrected chi connectivity index (χ0v) is 17.0. The quantitative estimate of drug-likeness (QED) is 0.503. The number of carbonyl (C=O) groups excluding carboxylic acids is 1. The minimum Gasteiger partial charge on any atom is -0.488 e. The third kappa shape index (κ3) is 3.37. The largest absolute Gasteiger partial charge is 0.488 e. The molecular weight excluding hydrogens is 396 g/mol. The first-order valence-corrected chi connectivity index (χ1v) is 10.7. The number of primary amides is 1. The second-order valence-corrected chi connectivity index (χ2v) is 8.04. The number of hydrogen-bond donors (Lipinski definition) is 2. The van der Waals surface area contributed by atoms with E-state index in [1.165, 1.54) is 11.3 Å². The Morgan fingerprint density at radius 1 is 1.10 bits per heavy atom. The molecule has 0 saturated heterocycles. The zero-order chi connectivity index (χ0) is 20.5. The summed E-state index contributed by atoms with van der Waals surface area (Å²) >= 11 is 1.52. The molecule has 0 aliphatic carbocycles. The summed E-state index contributed by atoms with van der Waals surface area (Å²) in [5, 5.41) is 7.14. The normalized spacial score (nSPS) is 12.9. The van der Waals surface area contributed by atoms with Gasteiger partial charge in [-0.15, -0.1) is 11.3 Å². The number of benzene rings is 2. The van der Waals surface area contributed by atoms with Crippen molar-refractivity contribution >= 4 is 33.8 Å². The fourth-order valence-corrected chi connectivity index (χ4v) is 4.69. The summed E-state index contributed by atoms with van der Waals surface area (Å²) in [7, 11) is 0. The maximum Gasteiger partial charge on any atom is 0.249 e. The molecule has 0 radical (unpaired) electrons. The van der Waals surface area contributed by atoms with Gasteiger partial charge in [0.25, 0.3) is 0 Å². The third-order valence-corrected chi connectivity index (χ3v) is 6.15. The summed E-state index contributed by atoms with van der Waals surface area (Å²) in [4.78, 5) is 22.3. The van der Waals surface area contributed by atoms with Crippen LogP contribution in [0.15, 0.2) is 53.9 Å². The van der Waals surface area contributed by atoms with Gasteiger partial charge in [-0.2, -0.15) is 0 Å². The highest BCUT2D eigenvalue weighted by atomic mass is 32.1. The molecule has 7 heteroatoms. The molecule has 0 unspecified atom stereocenters. The minimum atomic E-state index is -0.435. The van der Waals surface area contributed by atoms with E-state index in [0.717, 1.165) is 45.5 Å². The monoisotopic (exact) mass is 416 g/mol. The van der Waals surface area contributed by atoms with Crippen molar-refractivity contribution in [3.8, 4) is 16.5 Å². The SMILES string of the molecule is NC(=O)c1cccc2c(-c3nc4c(c(NCc5ccccc5)n3)OCCC4)scc12. The predicted octanol–water partition coefficient (Wildman–Crippen LogP) is 4.39. The third-order valence-electron chi connectivity index (χ3n) is 5.16. The van der Waals surface area contributed by atoms with E-state index in [-0.39, 0.29) is 0 Å². The van der Waals surface area contributed by atoms with Crippen LogP contribution in [-0.4, -0.2) is 22.5 Å². The molecule has 1 amide bonds. The molecule has 0 atom stereocenters. The maximum absolute atomic E-state index is 11.8. The molecule has 1 aliphatic heterocycles. The average molecular weight is 417 g/mol. The van der Waals surface area contributed by atoms with Crippen molar-refractivity contribution in [1.29, 1.82) is 0 Å². The minimum absolute atomic E-state index is 0.435. The Balaban J connectivity index is 1.58. The van der Waals surface area contributed by atoms with Gasteiger partial charge >= 0.3 is 0 Å². The summed E-state index contributed by atoms with van der Waals surface area (Å²) < 4.78 is 5.91. The Kier molecular flexibility index (Phi) is 4.80. The molecule has 3 heterocycles. The van der Waals surface area contributed by atoms with E-state index in [1.807, 2.05) is 35.7 Å². The molecule has 5 rings (SSSR count). The highest BCUT2D eigenvalue weighted by Crippen LogP contribution is 2.38. The highest BCUT2D eigenvalue weighted by molar-refractivity contribution is 7.15. The lowest BCUT2D eigenvalue weighted by Gasteiger charge is -2.20. The Bertz CT molecular complexity index is 1240. The van der Waals surface area contributed by atoms with Crippen LogP contribution in [0.2, 0.25) is 0 Å². The molecule has 6 nitrogen and oxygen atoms in total. The number of aryl methyl sites for hydroxylation is 1. The van der Waals surface area contributed by atoms with Crippen LogP contribution in [-0.2, 0) is 13.0 Å². The number of amides is 1. The molecule has 1 aliphatic rings. The van der Waals surface area contributed by atoms with Crippen LogP contribution < -0.4 is 15.8 Å². The molecule has 4 aromatic rings. The molecule has 0 bridgehead atoms. The molecule has 150 valence electrons. The molecule has 0 spiro atoms. The fourth-order valence-electron chi connectivity index (χ4n) is 3.69. The van der Waals surface area contributed by atoms with Gasteiger partial charge in [-0.1, -0.05) is 42.5 Å². The van der Waals surface area contributed by atoms with Crippen molar-refractivity contribution in [3.05, 3.63) is 70.7 Å². The first-order valence-electron chi connectivity index (χ1n) is 9.82. The summed E-state index contributed by atoms with van der Waals surface area (Å²) in [6, 6.07) is 15.7. The Morgan fingerprint density at radius 3 is 2.80 bits per heavy atom. The fraction of sp³-hybridized carbons (Fsp3) is 0.174. The molecule has 2 aromatic heterocycles. The highest BCUT2D eigenvalue weighted by Gasteiger charge is 2.22. The Hall–Kier alpha value is -3.45. The van der Waals surface area contributed by atoms with Crippen molar-refractivity contribution in [2.45, 2.75) is 19.4 Å². The van der Waals surface area contributed by atoms with Crippen molar-refractivity contribution < 1.29 is 9.53 Å². The molecule has 3 N–H and O–H groups in total. The van der Waals surface area contributed by atoms with E-state index in [2.05, 4.69) is 17.4 Å². The molecule has 30 heavy (non-hydrogen) atoms. The Morgan fingerprint density at radius 2 is 1.97 bits per heavy atom. The molecule has 2 aromatic carbocycles. The van der Waals surface area contributed by atoms with Crippen molar-refractivity contribution in [1.82, 2.24) is 9.97 Å². The Labute approximate surface area is 177 Å². The van der Waals surface area contributed by atoms with Gasteiger partial charge in [-0.3, -0.25) is 4.79 Å². The van der Waals surface area contributed by atoms with Crippen LogP contribution in [0.3, 0.4) is 0 Å². The zero-order valence-electron chi connectivity index (χ0n) is 16.2. The molecule has 0 fully saturated rings. The summed E-state index contributed by atoms with van der Waals surface area (Å²) in [6.45, 7) is 1.31. The van der Waals surface area contributed by atoms with Crippen LogP contribution in [0.4, 0.5) is 5.82 Å². The number of nitrogens with two attached hydrogens (primary N) is 1. The number of nitrogens with zero attached hydrogens (tertiary/aromatic N) is 2. The second-order valence-electron chi connectivity index (χ2n) is 7.16. The predicted molar refractivity (Wildman–Crippen MR) is 119 cm³/mol. The lowest BCUT2D eigenvalue weighted by atomic mass is 10.1. The first-order chi connectivity index (χ1) is 14.7. The maximum atomic E-state index is 11.8. The molecular formula is C23H20N4O2S. The van der Waals surface area contributed by atoms with Gasteiger partial charge in [-0.05, 0) is 24.5 Å². The number of aromatic nitrogens is 2. The van der Waals surface area contributed by atoms with Gasteiger partial charge in [0.05, 0.1) is 17.2 Å². The van der Waals surface area contributed by atoms with Crippen molar-refractivity contribution in [2.24, 2.45) is 5.73 Å². The molecule has 0 saturated carbocycles. The summed E-state index contributed by atoms with van der Waals surface area (Å²) in [5.41, 5.74) is 8.13. The van der Waals surface area contributed by atoms with Gasteiger partial charge in [0.2, 0.25) is 5.91 Å². The van der Waals surface area contributed by atoms with E-state index in [0.29, 0.717) is 30.4 Å². The number of fused-ring (bicyclic) bond motifs is 2. The average Bonchev–Trinajstić information content (AvgIpc) is 3.22. The van der Waals surface area contributed by atoms with Gasteiger partial charge < -0.3 is 15.8 Å². The van der Waals surface area contributed by atoms with Crippen molar-refractivity contribution in [2.75, 3.05) is 11.9 Å². The van der Waals surface area contributed by atoms with Gasteiger partial charge in [0.1, 0.15) is 0 Å². The topological polar surface area (TPSA) is 90.1 Å². The lowest BCUT2D eigenvalue weighted by Crippen LogP contribution is -2.15. The lowest BCUT2D eigenvalue weighted by molar-refractivity contribution is 0.100. The van der Waals surface area contributed by atoms with Crippen LogP contribution in [0.25, 0.3) is 21.5 Å². The van der Waals surface area contributed by atoms with E-state index in [1.54, 1.807) is 6.07 Å². The van der Waals surface area contributed by atoms with Gasteiger partial charge in [-0.25, -0.2) is 9.97 Å². The number of hydrogen-bond acceptors (Lipinski definition) is 6. The van der Waals surface area contributed by atoms with E-state index in [9.17, 15) is 4.79 Å².